The first-order chi connectivity index (χ1) is 14.0. The van der Waals surface area contributed by atoms with E-state index in [1.807, 2.05) is 49.3 Å². The molecular weight excluding hydrogens is 445 g/mol. The minimum Gasteiger partial charge on any atom is -0.454 e. The molecular formula is C21H21Cl2N3O3S. The zero-order valence-electron chi connectivity index (χ0n) is 16.5. The Morgan fingerprint density at radius 3 is 2.67 bits per heavy atom. The van der Waals surface area contributed by atoms with Crippen molar-refractivity contribution in [3.05, 3.63) is 53.1 Å². The van der Waals surface area contributed by atoms with Crippen LogP contribution in [-0.2, 0) is 4.79 Å². The second kappa shape index (κ2) is 9.66. The van der Waals surface area contributed by atoms with Gasteiger partial charge in [-0.25, -0.2) is 4.98 Å². The van der Waals surface area contributed by atoms with Gasteiger partial charge in [-0.3, -0.25) is 9.69 Å². The normalized spacial score (nSPS) is 12.5. The van der Waals surface area contributed by atoms with Gasteiger partial charge in [0, 0.05) is 36.3 Å². The number of benzene rings is 2. The van der Waals surface area contributed by atoms with Crippen molar-refractivity contribution in [3.8, 4) is 11.5 Å². The predicted octanol–water partition coefficient (Wildman–Crippen LogP) is 4.71. The van der Waals surface area contributed by atoms with E-state index in [1.54, 1.807) is 17.0 Å². The maximum Gasteiger partial charge on any atom is 0.252 e. The summed E-state index contributed by atoms with van der Waals surface area (Å²) in [6, 6.07) is 11.2. The summed E-state index contributed by atoms with van der Waals surface area (Å²) < 4.78 is 11.8. The summed E-state index contributed by atoms with van der Waals surface area (Å²) >= 11 is 7.65. The van der Waals surface area contributed by atoms with Gasteiger partial charge in [-0.2, -0.15) is 0 Å². The molecule has 1 amide bonds. The van der Waals surface area contributed by atoms with Crippen LogP contribution in [-0.4, -0.2) is 49.8 Å². The van der Waals surface area contributed by atoms with Gasteiger partial charge in [0.2, 0.25) is 6.79 Å². The Kier molecular flexibility index (Phi) is 7.20. The smallest absolute Gasteiger partial charge is 0.252 e. The van der Waals surface area contributed by atoms with E-state index >= 15 is 0 Å². The zero-order chi connectivity index (χ0) is 20.4. The highest BCUT2D eigenvalue weighted by Crippen LogP contribution is 2.39. The third-order valence-electron chi connectivity index (χ3n) is 4.45. The molecule has 9 heteroatoms. The van der Waals surface area contributed by atoms with Crippen molar-refractivity contribution in [3.63, 3.8) is 0 Å². The lowest BCUT2D eigenvalue weighted by atomic mass is 10.2. The molecule has 0 bridgehead atoms. The summed E-state index contributed by atoms with van der Waals surface area (Å²) in [4.78, 5) is 21.4. The van der Waals surface area contributed by atoms with E-state index in [0.717, 1.165) is 15.8 Å². The van der Waals surface area contributed by atoms with E-state index in [-0.39, 0.29) is 25.1 Å². The fourth-order valence-electron chi connectivity index (χ4n) is 2.88. The Morgan fingerprint density at radius 1 is 1.20 bits per heavy atom. The summed E-state index contributed by atoms with van der Waals surface area (Å²) in [5.74, 6) is 1.24. The van der Waals surface area contributed by atoms with Crippen LogP contribution in [0.2, 0.25) is 5.02 Å². The minimum atomic E-state index is -0.147. The van der Waals surface area contributed by atoms with Crippen LogP contribution in [0.15, 0.2) is 42.5 Å². The average molecular weight is 466 g/mol. The summed E-state index contributed by atoms with van der Waals surface area (Å²) in [5.41, 5.74) is 1.58. The Bertz CT molecular complexity index is 1040. The Morgan fingerprint density at radius 2 is 1.93 bits per heavy atom. The largest absolute Gasteiger partial charge is 0.454 e. The molecule has 4 rings (SSSR count). The Balaban J connectivity index is 0.00000256. The first-order valence-electron chi connectivity index (χ1n) is 9.10. The lowest BCUT2D eigenvalue weighted by Crippen LogP contribution is -2.35. The van der Waals surface area contributed by atoms with E-state index in [0.29, 0.717) is 34.7 Å². The molecule has 2 heterocycles. The van der Waals surface area contributed by atoms with Gasteiger partial charge in [-0.05, 0) is 31.8 Å². The molecule has 6 nitrogen and oxygen atoms in total. The molecule has 0 spiro atoms. The van der Waals surface area contributed by atoms with E-state index < -0.39 is 0 Å². The van der Waals surface area contributed by atoms with Gasteiger partial charge in [-0.15, -0.1) is 12.4 Å². The van der Waals surface area contributed by atoms with Crippen LogP contribution in [0.1, 0.15) is 5.56 Å². The average Bonchev–Trinajstić information content (AvgIpc) is 3.31. The number of aromatic nitrogens is 1. The molecule has 0 saturated carbocycles. The number of thiazole rings is 1. The fraction of sp³-hybridized carbons (Fsp3) is 0.238. The number of rotatable bonds is 6. The number of carbonyl (C=O) groups is 1. The van der Waals surface area contributed by atoms with Crippen LogP contribution >= 0.6 is 35.3 Å². The lowest BCUT2D eigenvalue weighted by Gasteiger charge is -2.20. The first kappa shape index (κ1) is 22.4. The Labute approximate surface area is 190 Å². The van der Waals surface area contributed by atoms with E-state index in [4.69, 9.17) is 21.1 Å². The van der Waals surface area contributed by atoms with Crippen molar-refractivity contribution in [2.45, 2.75) is 0 Å². The zero-order valence-corrected chi connectivity index (χ0v) is 18.9. The van der Waals surface area contributed by atoms with E-state index in [1.165, 1.54) is 17.4 Å². The van der Waals surface area contributed by atoms with Gasteiger partial charge in [0.15, 0.2) is 16.6 Å². The van der Waals surface area contributed by atoms with Gasteiger partial charge in [0.25, 0.3) is 5.91 Å². The lowest BCUT2D eigenvalue weighted by molar-refractivity contribution is -0.114. The Hall–Kier alpha value is -2.32. The highest BCUT2D eigenvalue weighted by atomic mass is 35.5. The van der Waals surface area contributed by atoms with Crippen LogP contribution in [0.4, 0.5) is 5.13 Å². The fourth-order valence-corrected chi connectivity index (χ4v) is 4.09. The molecule has 0 N–H and O–H groups in total. The number of hydrogen-bond acceptors (Lipinski definition) is 6. The third-order valence-corrected chi connectivity index (χ3v) is 5.84. The van der Waals surface area contributed by atoms with Gasteiger partial charge >= 0.3 is 0 Å². The molecule has 1 aliphatic rings. The van der Waals surface area contributed by atoms with Crippen LogP contribution in [0, 0.1) is 0 Å². The van der Waals surface area contributed by atoms with Crippen LogP contribution in [0.5, 0.6) is 11.5 Å². The number of fused-ring (bicyclic) bond motifs is 2. The van der Waals surface area contributed by atoms with Gasteiger partial charge < -0.3 is 14.4 Å². The monoisotopic (exact) mass is 465 g/mol. The molecule has 0 saturated heterocycles. The molecule has 0 fully saturated rings. The van der Waals surface area contributed by atoms with Crippen molar-refractivity contribution in [2.75, 3.05) is 38.9 Å². The molecule has 0 unspecified atom stereocenters. The van der Waals surface area contributed by atoms with Crippen LogP contribution in [0.3, 0.4) is 0 Å². The number of carbonyl (C=O) groups excluding carboxylic acids is 1. The maximum atomic E-state index is 13.0. The standard InChI is InChI=1S/C21H20ClN3O3S.ClH/c1-24(2)9-10-25(20(26)8-7-14-5-3-4-6-15(14)22)21-23-16-11-17-18(28-13-27-17)12-19(16)29-21;/h3-8,11-12H,9-10,13H2,1-2H3;1H. The van der Waals surface area contributed by atoms with Gasteiger partial charge in [-0.1, -0.05) is 41.1 Å². The molecule has 0 atom stereocenters. The summed E-state index contributed by atoms with van der Waals surface area (Å²) in [6.07, 6.45) is 3.27. The van der Waals surface area contributed by atoms with Crippen LogP contribution < -0.4 is 14.4 Å². The third kappa shape index (κ3) is 4.87. The van der Waals surface area contributed by atoms with Crippen molar-refractivity contribution in [1.82, 2.24) is 9.88 Å². The van der Waals surface area contributed by atoms with Crippen molar-refractivity contribution >= 4 is 62.7 Å². The van der Waals surface area contributed by atoms with Gasteiger partial charge in [0.1, 0.15) is 0 Å². The molecule has 1 aliphatic heterocycles. The minimum absolute atomic E-state index is 0. The number of anilines is 1. The van der Waals surface area contributed by atoms with E-state index in [2.05, 4.69) is 4.98 Å². The number of amides is 1. The molecule has 0 radical (unpaired) electrons. The topological polar surface area (TPSA) is 54.9 Å². The van der Waals surface area contributed by atoms with Gasteiger partial charge in [0.05, 0.1) is 10.2 Å². The molecule has 1 aromatic heterocycles. The summed E-state index contributed by atoms with van der Waals surface area (Å²) in [5, 5.41) is 1.24. The van der Waals surface area contributed by atoms with Crippen molar-refractivity contribution in [2.24, 2.45) is 0 Å². The molecule has 158 valence electrons. The number of likely N-dealkylation sites (N-methyl/N-ethyl adjacent to an activating group) is 1. The molecule has 2 aromatic carbocycles. The van der Waals surface area contributed by atoms with E-state index in [9.17, 15) is 4.79 Å². The van der Waals surface area contributed by atoms with Crippen LogP contribution in [0.25, 0.3) is 16.3 Å². The number of ether oxygens (including phenoxy) is 2. The van der Waals surface area contributed by atoms with Crippen molar-refractivity contribution in [1.29, 1.82) is 0 Å². The SMILES string of the molecule is CN(C)CCN(C(=O)C=Cc1ccccc1Cl)c1nc2cc3c(cc2s1)OCO3.Cl. The molecule has 3 aromatic rings. The molecule has 30 heavy (non-hydrogen) atoms. The second-order valence-corrected chi connectivity index (χ2v) is 8.23. The quantitative estimate of drug-likeness (QED) is 0.493. The first-order valence-corrected chi connectivity index (χ1v) is 10.3. The molecule has 0 aliphatic carbocycles. The number of halogens is 2. The van der Waals surface area contributed by atoms with Crippen molar-refractivity contribution < 1.29 is 14.3 Å². The predicted molar refractivity (Wildman–Crippen MR) is 124 cm³/mol. The summed E-state index contributed by atoms with van der Waals surface area (Å²) in [6.45, 7) is 1.45. The maximum absolute atomic E-state index is 13.0. The summed E-state index contributed by atoms with van der Waals surface area (Å²) in [7, 11) is 3.94. The number of hydrogen-bond donors (Lipinski definition) is 0. The highest BCUT2D eigenvalue weighted by molar-refractivity contribution is 7.22. The highest BCUT2D eigenvalue weighted by Gasteiger charge is 2.21. The number of nitrogens with zero attached hydrogens (tertiary/aromatic N) is 3. The second-order valence-electron chi connectivity index (χ2n) is 6.82.